The molecule has 134 valence electrons. The monoisotopic (exact) mass is 372 g/mol. The highest BCUT2D eigenvalue weighted by Crippen LogP contribution is 2.38. The van der Waals surface area contributed by atoms with Gasteiger partial charge in [0.05, 0.1) is 6.61 Å². The second-order valence-corrected chi connectivity index (χ2v) is 9.22. The molecule has 2 fully saturated rings. The first-order valence-electron chi connectivity index (χ1n) is 8.11. The van der Waals surface area contributed by atoms with Gasteiger partial charge in [-0.2, -0.15) is 0 Å². The molecule has 2 aliphatic heterocycles. The van der Waals surface area contributed by atoms with Crippen LogP contribution in [0.25, 0.3) is 0 Å². The zero-order valence-electron chi connectivity index (χ0n) is 13.8. The molecule has 0 radical (unpaired) electrons. The Morgan fingerprint density at radius 1 is 1.46 bits per heavy atom. The van der Waals surface area contributed by atoms with Crippen molar-refractivity contribution in [3.05, 3.63) is 17.5 Å². The molecule has 9 heteroatoms. The van der Waals surface area contributed by atoms with Gasteiger partial charge in [-0.15, -0.1) is 11.3 Å². The standard InChI is InChI=1S/C15H24N4O3S2/c1-16-14(19-8-4-15(11-19)5-9-22-12-15)17-6-7-18-24(20,21)13-3-2-10-23-13/h2-3,10,18H,4-9,11-12H2,1H3,(H,16,17). The SMILES string of the molecule is CN=C(NCCNS(=O)(=O)c1cccs1)N1CCC2(CCOC2)C1. The van der Waals surface area contributed by atoms with Crippen LogP contribution >= 0.6 is 11.3 Å². The van der Waals surface area contributed by atoms with Crippen molar-refractivity contribution in [2.45, 2.75) is 17.1 Å². The predicted octanol–water partition coefficient (Wildman–Crippen LogP) is 0.714. The highest BCUT2D eigenvalue weighted by molar-refractivity contribution is 7.91. The maximum absolute atomic E-state index is 12.1. The predicted molar refractivity (Wildman–Crippen MR) is 94.9 cm³/mol. The van der Waals surface area contributed by atoms with Crippen molar-refractivity contribution in [2.24, 2.45) is 10.4 Å². The molecule has 3 rings (SSSR count). The average molecular weight is 373 g/mol. The second-order valence-electron chi connectivity index (χ2n) is 6.28. The van der Waals surface area contributed by atoms with Crippen molar-refractivity contribution in [3.8, 4) is 0 Å². The molecular formula is C15H24N4O3S2. The third kappa shape index (κ3) is 3.90. The summed E-state index contributed by atoms with van der Waals surface area (Å²) in [4.78, 5) is 6.56. The molecule has 0 aliphatic carbocycles. The zero-order valence-corrected chi connectivity index (χ0v) is 15.5. The molecule has 1 unspecified atom stereocenters. The summed E-state index contributed by atoms with van der Waals surface area (Å²) in [6.45, 7) is 4.42. The number of thiophene rings is 1. The number of rotatable bonds is 5. The van der Waals surface area contributed by atoms with Gasteiger partial charge in [0.25, 0.3) is 0 Å². The Bertz CT molecular complexity index is 667. The lowest BCUT2D eigenvalue weighted by Gasteiger charge is -2.24. The van der Waals surface area contributed by atoms with E-state index in [9.17, 15) is 8.42 Å². The Balaban J connectivity index is 1.45. The summed E-state index contributed by atoms with van der Waals surface area (Å²) in [5.41, 5.74) is 0.276. The van der Waals surface area contributed by atoms with Crippen molar-refractivity contribution in [1.29, 1.82) is 0 Å². The van der Waals surface area contributed by atoms with E-state index < -0.39 is 10.0 Å². The van der Waals surface area contributed by atoms with Crippen molar-refractivity contribution in [1.82, 2.24) is 14.9 Å². The molecule has 24 heavy (non-hydrogen) atoms. The summed E-state index contributed by atoms with van der Waals surface area (Å²) >= 11 is 1.22. The summed E-state index contributed by atoms with van der Waals surface area (Å²) in [5.74, 6) is 0.828. The highest BCUT2D eigenvalue weighted by atomic mass is 32.2. The summed E-state index contributed by atoms with van der Waals surface area (Å²) in [7, 11) is -1.64. The Kier molecular flexibility index (Phi) is 5.43. The van der Waals surface area contributed by atoms with Gasteiger partial charge in [-0.05, 0) is 24.3 Å². The maximum Gasteiger partial charge on any atom is 0.250 e. The van der Waals surface area contributed by atoms with Crippen LogP contribution in [0.5, 0.6) is 0 Å². The lowest BCUT2D eigenvalue weighted by molar-refractivity contribution is 0.156. The lowest BCUT2D eigenvalue weighted by Crippen LogP contribution is -2.44. The normalized spacial score (nSPS) is 24.9. The van der Waals surface area contributed by atoms with E-state index in [1.807, 2.05) is 0 Å². The van der Waals surface area contributed by atoms with Crippen LogP contribution in [0.3, 0.4) is 0 Å². The molecule has 0 saturated carbocycles. The van der Waals surface area contributed by atoms with Gasteiger partial charge in [0.2, 0.25) is 10.0 Å². The van der Waals surface area contributed by atoms with Crippen molar-refractivity contribution < 1.29 is 13.2 Å². The molecule has 1 spiro atoms. The number of nitrogens with zero attached hydrogens (tertiary/aromatic N) is 2. The number of hydrogen-bond acceptors (Lipinski definition) is 5. The Morgan fingerprint density at radius 2 is 2.33 bits per heavy atom. The molecule has 3 heterocycles. The highest BCUT2D eigenvalue weighted by Gasteiger charge is 2.42. The van der Waals surface area contributed by atoms with Crippen LogP contribution in [0, 0.1) is 5.41 Å². The van der Waals surface area contributed by atoms with Gasteiger partial charge in [-0.1, -0.05) is 6.07 Å². The van der Waals surface area contributed by atoms with Crippen LogP contribution in [0.2, 0.25) is 0 Å². The average Bonchev–Trinajstić information content (AvgIpc) is 3.31. The number of nitrogens with one attached hydrogen (secondary N) is 2. The van der Waals surface area contributed by atoms with Gasteiger partial charge >= 0.3 is 0 Å². The minimum atomic E-state index is -3.40. The maximum atomic E-state index is 12.1. The fourth-order valence-electron chi connectivity index (χ4n) is 3.27. The largest absolute Gasteiger partial charge is 0.381 e. The van der Waals surface area contributed by atoms with Crippen molar-refractivity contribution >= 4 is 27.3 Å². The number of ether oxygens (including phenoxy) is 1. The molecule has 0 aromatic carbocycles. The van der Waals surface area contributed by atoms with E-state index in [1.54, 1.807) is 24.6 Å². The summed E-state index contributed by atoms with van der Waals surface area (Å²) in [6, 6.07) is 3.34. The number of sulfonamides is 1. The summed E-state index contributed by atoms with van der Waals surface area (Å²) in [6.07, 6.45) is 2.24. The van der Waals surface area contributed by atoms with E-state index >= 15 is 0 Å². The van der Waals surface area contributed by atoms with Gasteiger partial charge < -0.3 is 15.0 Å². The van der Waals surface area contributed by atoms with Crippen LogP contribution in [0.4, 0.5) is 0 Å². The fraction of sp³-hybridized carbons (Fsp3) is 0.667. The third-order valence-corrected chi connectivity index (χ3v) is 7.45. The Hall–Kier alpha value is -1.16. The second kappa shape index (κ2) is 7.38. The van der Waals surface area contributed by atoms with Crippen LogP contribution < -0.4 is 10.0 Å². The molecule has 1 aromatic rings. The Labute approximate surface area is 147 Å². The van der Waals surface area contributed by atoms with Crippen LogP contribution in [0.1, 0.15) is 12.8 Å². The molecule has 2 N–H and O–H groups in total. The first-order valence-corrected chi connectivity index (χ1v) is 10.5. The van der Waals surface area contributed by atoms with Gasteiger partial charge in [-0.3, -0.25) is 4.99 Å². The smallest absolute Gasteiger partial charge is 0.250 e. The van der Waals surface area contributed by atoms with Crippen LogP contribution in [0.15, 0.2) is 26.7 Å². The summed E-state index contributed by atoms with van der Waals surface area (Å²) in [5, 5.41) is 5.00. The van der Waals surface area contributed by atoms with Crippen LogP contribution in [-0.4, -0.2) is 65.7 Å². The molecular weight excluding hydrogens is 348 g/mol. The van der Waals surface area contributed by atoms with Gasteiger partial charge in [-0.25, -0.2) is 13.1 Å². The quantitative estimate of drug-likeness (QED) is 0.452. The molecule has 0 bridgehead atoms. The van der Waals surface area contributed by atoms with Crippen molar-refractivity contribution in [2.75, 3.05) is 46.4 Å². The number of guanidine groups is 1. The first kappa shape index (κ1) is 17.7. The van der Waals surface area contributed by atoms with Crippen molar-refractivity contribution in [3.63, 3.8) is 0 Å². The van der Waals surface area contributed by atoms with E-state index in [0.29, 0.717) is 17.3 Å². The number of aliphatic imine (C=N–C) groups is 1. The molecule has 0 amide bonds. The molecule has 1 atom stereocenters. The minimum absolute atomic E-state index is 0.276. The van der Waals surface area contributed by atoms with Gasteiger partial charge in [0.15, 0.2) is 5.96 Å². The molecule has 2 saturated heterocycles. The first-order chi connectivity index (χ1) is 11.5. The molecule has 2 aliphatic rings. The molecule has 1 aromatic heterocycles. The Morgan fingerprint density at radius 3 is 3.00 bits per heavy atom. The fourth-order valence-corrected chi connectivity index (χ4v) is 5.34. The van der Waals surface area contributed by atoms with Gasteiger partial charge in [0, 0.05) is 45.2 Å². The van der Waals surface area contributed by atoms with Gasteiger partial charge in [0.1, 0.15) is 4.21 Å². The topological polar surface area (TPSA) is 83.0 Å². The van der Waals surface area contributed by atoms with E-state index in [2.05, 4.69) is 19.9 Å². The minimum Gasteiger partial charge on any atom is -0.381 e. The van der Waals surface area contributed by atoms with E-state index in [1.165, 1.54) is 11.3 Å². The van der Waals surface area contributed by atoms with Crippen LogP contribution in [-0.2, 0) is 14.8 Å². The van der Waals surface area contributed by atoms with E-state index in [4.69, 9.17) is 4.74 Å². The third-order valence-electron chi connectivity index (χ3n) is 4.59. The molecule has 7 nitrogen and oxygen atoms in total. The number of likely N-dealkylation sites (tertiary alicyclic amines) is 1. The number of hydrogen-bond donors (Lipinski definition) is 2. The van der Waals surface area contributed by atoms with E-state index in [0.717, 1.165) is 45.1 Å². The van der Waals surface area contributed by atoms with E-state index in [-0.39, 0.29) is 5.41 Å². The lowest BCUT2D eigenvalue weighted by atomic mass is 9.87. The zero-order chi connectivity index (χ0) is 17.0. The summed E-state index contributed by atoms with van der Waals surface area (Å²) < 4.78 is 32.6.